The largest absolute Gasteiger partial charge is 0.396 e. The lowest BCUT2D eigenvalue weighted by Gasteiger charge is -2.20. The Bertz CT molecular complexity index is 1390. The van der Waals surface area contributed by atoms with E-state index in [-0.39, 0.29) is 6.61 Å². The van der Waals surface area contributed by atoms with Gasteiger partial charge in [0, 0.05) is 30.6 Å². The second-order valence-electron chi connectivity index (χ2n) is 8.86. The van der Waals surface area contributed by atoms with E-state index in [1.54, 1.807) is 6.20 Å². The van der Waals surface area contributed by atoms with Crippen LogP contribution in [0.2, 0.25) is 0 Å². The van der Waals surface area contributed by atoms with Gasteiger partial charge in [0.2, 0.25) is 5.95 Å². The maximum Gasteiger partial charge on any atom is 0.229 e. The predicted molar refractivity (Wildman–Crippen MR) is 136 cm³/mol. The number of rotatable bonds is 6. The normalized spacial score (nSPS) is 23.1. The molecule has 4 atom stereocenters. The average molecular weight is 489 g/mol. The third kappa shape index (κ3) is 4.14. The molecule has 9 nitrogen and oxygen atoms in total. The first kappa shape index (κ1) is 22.1. The fourth-order valence-corrected chi connectivity index (χ4v) is 5.61. The van der Waals surface area contributed by atoms with E-state index in [0.717, 1.165) is 26.5 Å². The first-order chi connectivity index (χ1) is 17.1. The number of fused-ring (bicyclic) bond motifs is 2. The van der Waals surface area contributed by atoms with Crippen molar-refractivity contribution < 1.29 is 15.3 Å². The Kier molecular flexibility index (Phi) is 5.65. The molecule has 35 heavy (non-hydrogen) atoms. The summed E-state index contributed by atoms with van der Waals surface area (Å²) in [6.45, 7) is 0.501. The summed E-state index contributed by atoms with van der Waals surface area (Å²) in [5, 5.41) is 37.8. The van der Waals surface area contributed by atoms with Gasteiger partial charge in [-0.15, -0.1) is 11.3 Å². The Morgan fingerprint density at radius 3 is 2.77 bits per heavy atom. The van der Waals surface area contributed by atoms with Crippen LogP contribution in [0.3, 0.4) is 0 Å². The molecule has 5 N–H and O–H groups in total. The standard InChI is InChI=1S/C25H24N6O3S/c32-12-15-8-19(22(34)21(15)33)29-23-17(24-30-18-3-1-2-4-20(18)35-24)11-27-25(31-23)28-16-6-5-13-9-26-10-14(13)7-16/h1-7,10-11,15,19,21-22,32-34H,8-9,12H2,(H2,27,28,29,31)/t15-,19-,21-,22+/m1/s1. The highest BCUT2D eigenvalue weighted by molar-refractivity contribution is 7.21. The zero-order chi connectivity index (χ0) is 23.9. The number of anilines is 3. The van der Waals surface area contributed by atoms with E-state index < -0.39 is 24.2 Å². The van der Waals surface area contributed by atoms with Crippen molar-refractivity contribution in [3.05, 3.63) is 59.8 Å². The Labute approximate surface area is 205 Å². The third-order valence-corrected chi connectivity index (χ3v) is 7.64. The molecule has 178 valence electrons. The molecular weight excluding hydrogens is 464 g/mol. The Balaban J connectivity index is 1.36. The van der Waals surface area contributed by atoms with Crippen LogP contribution in [0.5, 0.6) is 0 Å². The molecule has 1 saturated carbocycles. The van der Waals surface area contributed by atoms with Crippen molar-refractivity contribution in [1.82, 2.24) is 15.0 Å². The lowest BCUT2D eigenvalue weighted by molar-refractivity contribution is 0.00446. The van der Waals surface area contributed by atoms with Crippen molar-refractivity contribution >= 4 is 45.2 Å². The second-order valence-corrected chi connectivity index (χ2v) is 9.89. The second kappa shape index (κ2) is 8.97. The van der Waals surface area contributed by atoms with E-state index in [9.17, 15) is 15.3 Å². The van der Waals surface area contributed by atoms with Gasteiger partial charge >= 0.3 is 0 Å². The third-order valence-electron chi connectivity index (χ3n) is 6.57. The molecule has 0 radical (unpaired) electrons. The Hall–Kier alpha value is -3.44. The number of nitrogens with zero attached hydrogens (tertiary/aromatic N) is 4. The van der Waals surface area contributed by atoms with Gasteiger partial charge < -0.3 is 26.0 Å². The minimum Gasteiger partial charge on any atom is -0.396 e. The summed E-state index contributed by atoms with van der Waals surface area (Å²) in [7, 11) is 0. The molecule has 1 fully saturated rings. The molecule has 2 aromatic heterocycles. The van der Waals surface area contributed by atoms with E-state index in [1.165, 1.54) is 16.9 Å². The monoisotopic (exact) mass is 488 g/mol. The van der Waals surface area contributed by atoms with E-state index in [0.29, 0.717) is 30.3 Å². The minimum absolute atomic E-state index is 0.195. The van der Waals surface area contributed by atoms with Gasteiger partial charge in [0.05, 0.1) is 34.5 Å². The Morgan fingerprint density at radius 1 is 1.06 bits per heavy atom. The Morgan fingerprint density at radius 2 is 1.94 bits per heavy atom. The van der Waals surface area contributed by atoms with Crippen molar-refractivity contribution in [3.8, 4) is 10.6 Å². The van der Waals surface area contributed by atoms with E-state index in [1.807, 2.05) is 48.7 Å². The van der Waals surface area contributed by atoms with E-state index >= 15 is 0 Å². The molecule has 2 aliphatic rings. The van der Waals surface area contributed by atoms with Crippen molar-refractivity contribution in [2.24, 2.45) is 10.9 Å². The summed E-state index contributed by atoms with van der Waals surface area (Å²) in [6, 6.07) is 13.4. The van der Waals surface area contributed by atoms with Crippen LogP contribution in [0.1, 0.15) is 17.5 Å². The number of hydrogen-bond donors (Lipinski definition) is 5. The molecule has 4 aromatic rings. The quantitative estimate of drug-likeness (QED) is 0.280. The summed E-state index contributed by atoms with van der Waals surface area (Å²) in [4.78, 5) is 18.3. The minimum atomic E-state index is -1.03. The van der Waals surface area contributed by atoms with E-state index in [4.69, 9.17) is 9.97 Å². The van der Waals surface area contributed by atoms with Gasteiger partial charge in [-0.25, -0.2) is 9.97 Å². The van der Waals surface area contributed by atoms with Gasteiger partial charge in [0.1, 0.15) is 16.9 Å². The first-order valence-corrected chi connectivity index (χ1v) is 12.3. The van der Waals surface area contributed by atoms with Crippen LogP contribution in [0, 0.1) is 5.92 Å². The SMILES string of the molecule is OC[C@H]1C[C@@H](Nc2nc(Nc3ccc4c(c3)C=NC4)ncc2-c2nc3ccccc3s2)[C@H](O)[C@@H]1O. The van der Waals surface area contributed by atoms with Crippen LogP contribution in [-0.4, -0.2) is 61.3 Å². The molecule has 0 spiro atoms. The zero-order valence-corrected chi connectivity index (χ0v) is 19.5. The van der Waals surface area contributed by atoms with Crippen LogP contribution in [-0.2, 0) is 6.54 Å². The smallest absolute Gasteiger partial charge is 0.229 e. The van der Waals surface area contributed by atoms with Crippen molar-refractivity contribution in [3.63, 3.8) is 0 Å². The summed E-state index contributed by atoms with van der Waals surface area (Å²) in [5.74, 6) is 0.485. The van der Waals surface area contributed by atoms with Gasteiger partial charge in [0.25, 0.3) is 0 Å². The summed E-state index contributed by atoms with van der Waals surface area (Å²) in [6.07, 6.45) is 1.95. The molecular formula is C25H24N6O3S. The molecule has 1 aliphatic heterocycles. The van der Waals surface area contributed by atoms with Gasteiger partial charge in [-0.2, -0.15) is 4.98 Å². The predicted octanol–water partition coefficient (Wildman–Crippen LogP) is 2.94. The highest BCUT2D eigenvalue weighted by Gasteiger charge is 2.41. The van der Waals surface area contributed by atoms with Crippen LogP contribution in [0.25, 0.3) is 20.8 Å². The molecule has 2 aromatic carbocycles. The van der Waals surface area contributed by atoms with Gasteiger partial charge in [0.15, 0.2) is 0 Å². The van der Waals surface area contributed by atoms with Crippen molar-refractivity contribution in [2.45, 2.75) is 31.2 Å². The number of nitrogens with one attached hydrogen (secondary N) is 2. The fraction of sp³-hybridized carbons (Fsp3) is 0.280. The average Bonchev–Trinajstić information content (AvgIpc) is 3.58. The van der Waals surface area contributed by atoms with Crippen LogP contribution in [0.4, 0.5) is 17.5 Å². The molecule has 0 unspecified atom stereocenters. The number of benzene rings is 2. The molecule has 0 amide bonds. The number of aliphatic hydroxyl groups is 3. The zero-order valence-electron chi connectivity index (χ0n) is 18.7. The van der Waals surface area contributed by atoms with Crippen LogP contribution < -0.4 is 10.6 Å². The highest BCUT2D eigenvalue weighted by Crippen LogP contribution is 2.36. The number of aliphatic hydroxyl groups excluding tert-OH is 3. The molecule has 6 rings (SSSR count). The number of para-hydroxylation sites is 1. The molecule has 0 bridgehead atoms. The summed E-state index contributed by atoms with van der Waals surface area (Å²) < 4.78 is 1.05. The van der Waals surface area contributed by atoms with Gasteiger partial charge in [-0.05, 0) is 41.8 Å². The maximum absolute atomic E-state index is 10.6. The van der Waals surface area contributed by atoms with Crippen LogP contribution >= 0.6 is 11.3 Å². The summed E-state index contributed by atoms with van der Waals surface area (Å²) in [5.41, 5.74) is 4.67. The molecule has 3 heterocycles. The summed E-state index contributed by atoms with van der Waals surface area (Å²) >= 11 is 1.53. The maximum atomic E-state index is 10.6. The highest BCUT2D eigenvalue weighted by atomic mass is 32.1. The van der Waals surface area contributed by atoms with E-state index in [2.05, 4.69) is 20.6 Å². The van der Waals surface area contributed by atoms with Crippen molar-refractivity contribution in [1.29, 1.82) is 0 Å². The molecule has 0 saturated heterocycles. The number of hydrogen-bond acceptors (Lipinski definition) is 10. The van der Waals surface area contributed by atoms with Gasteiger partial charge in [-0.1, -0.05) is 18.2 Å². The molecule has 1 aliphatic carbocycles. The number of aromatic nitrogens is 3. The number of thiazole rings is 1. The first-order valence-electron chi connectivity index (χ1n) is 11.5. The van der Waals surface area contributed by atoms with Gasteiger partial charge in [-0.3, -0.25) is 4.99 Å². The molecule has 10 heteroatoms. The van der Waals surface area contributed by atoms with Crippen molar-refractivity contribution in [2.75, 3.05) is 17.2 Å². The van der Waals surface area contributed by atoms with Crippen LogP contribution in [0.15, 0.2) is 53.7 Å². The topological polar surface area (TPSA) is 136 Å². The lowest BCUT2D eigenvalue weighted by Crippen LogP contribution is -2.35. The lowest BCUT2D eigenvalue weighted by atomic mass is 10.1. The number of aliphatic imine (C=N–C) groups is 1. The fourth-order valence-electron chi connectivity index (χ4n) is 4.63.